The van der Waals surface area contributed by atoms with Gasteiger partial charge in [-0.2, -0.15) is 0 Å². The second kappa shape index (κ2) is 8.86. The Labute approximate surface area is 180 Å². The maximum atomic E-state index is 5.94. The van der Waals surface area contributed by atoms with Crippen LogP contribution >= 0.6 is 34.7 Å². The summed E-state index contributed by atoms with van der Waals surface area (Å²) in [5, 5.41) is 12.4. The minimum atomic E-state index is 0.407. The van der Waals surface area contributed by atoms with Gasteiger partial charge in [0.25, 0.3) is 5.22 Å². The number of benzene rings is 2. The molecule has 0 aliphatic rings. The topological polar surface area (TPSA) is 70.3 Å². The fourth-order valence-corrected chi connectivity index (χ4v) is 4.26. The molecule has 0 fully saturated rings. The molecule has 0 amide bonds. The Morgan fingerprint density at radius 3 is 2.41 bits per heavy atom. The van der Waals surface area contributed by atoms with E-state index in [1.807, 2.05) is 41.8 Å². The van der Waals surface area contributed by atoms with Crippen molar-refractivity contribution < 1.29 is 13.9 Å². The summed E-state index contributed by atoms with van der Waals surface area (Å²) in [7, 11) is 3.19. The number of halogens is 1. The fourth-order valence-electron chi connectivity index (χ4n) is 2.55. The summed E-state index contributed by atoms with van der Waals surface area (Å²) < 4.78 is 16.4. The minimum Gasteiger partial charge on any atom is -0.497 e. The number of hydrogen-bond donors (Lipinski definition) is 0. The average molecular weight is 446 g/mol. The molecule has 2 aromatic heterocycles. The molecule has 4 aromatic rings. The molecule has 0 aliphatic carbocycles. The number of thiazole rings is 1. The van der Waals surface area contributed by atoms with Crippen molar-refractivity contribution in [3.63, 3.8) is 0 Å². The summed E-state index contributed by atoms with van der Waals surface area (Å²) in [5.41, 5.74) is 2.73. The predicted molar refractivity (Wildman–Crippen MR) is 115 cm³/mol. The first-order valence-electron chi connectivity index (χ1n) is 8.54. The molecule has 2 heterocycles. The third-order valence-electron chi connectivity index (χ3n) is 3.99. The summed E-state index contributed by atoms with van der Waals surface area (Å²) in [6, 6.07) is 13.1. The molecule has 0 bridgehead atoms. The van der Waals surface area contributed by atoms with Crippen molar-refractivity contribution in [2.24, 2.45) is 0 Å². The molecule has 0 aliphatic heterocycles. The van der Waals surface area contributed by atoms with Crippen LogP contribution in [0.25, 0.3) is 22.0 Å². The highest BCUT2D eigenvalue weighted by Crippen LogP contribution is 2.32. The van der Waals surface area contributed by atoms with Crippen LogP contribution < -0.4 is 9.47 Å². The first-order chi connectivity index (χ1) is 14.1. The summed E-state index contributed by atoms with van der Waals surface area (Å²) in [5.74, 6) is 2.35. The number of nitrogens with zero attached hydrogens (tertiary/aromatic N) is 3. The minimum absolute atomic E-state index is 0.407. The Kier molecular flexibility index (Phi) is 6.03. The molecule has 9 heteroatoms. The molecule has 0 unspecified atom stereocenters. The molecule has 0 spiro atoms. The lowest BCUT2D eigenvalue weighted by molar-refractivity contribution is 0.394. The molecule has 4 rings (SSSR count). The highest BCUT2D eigenvalue weighted by molar-refractivity contribution is 7.98. The highest BCUT2D eigenvalue weighted by Gasteiger charge is 2.13. The van der Waals surface area contributed by atoms with E-state index in [2.05, 4.69) is 15.2 Å². The Morgan fingerprint density at radius 1 is 1.00 bits per heavy atom. The van der Waals surface area contributed by atoms with Crippen LogP contribution in [0.2, 0.25) is 5.02 Å². The van der Waals surface area contributed by atoms with E-state index in [1.165, 1.54) is 11.8 Å². The molecule has 0 atom stereocenters. The van der Waals surface area contributed by atoms with E-state index in [0.717, 1.165) is 21.8 Å². The molecule has 0 saturated carbocycles. The third-order valence-corrected chi connectivity index (χ3v) is 6.04. The average Bonchev–Trinajstić information content (AvgIpc) is 3.42. The van der Waals surface area contributed by atoms with Crippen LogP contribution in [0.4, 0.5) is 0 Å². The number of methoxy groups -OCH3 is 2. The molecule has 0 radical (unpaired) electrons. The van der Waals surface area contributed by atoms with Crippen molar-refractivity contribution in [1.82, 2.24) is 15.2 Å². The van der Waals surface area contributed by atoms with E-state index >= 15 is 0 Å². The van der Waals surface area contributed by atoms with Gasteiger partial charge in [0.15, 0.2) is 0 Å². The van der Waals surface area contributed by atoms with Gasteiger partial charge in [-0.25, -0.2) is 4.98 Å². The van der Waals surface area contributed by atoms with Crippen molar-refractivity contribution in [2.75, 3.05) is 14.2 Å². The SMILES string of the molecule is COc1cc(OC)cc(-c2nnc(SCc3csc(-c4ccc(Cl)cc4)n3)o2)c1. The molecule has 29 heavy (non-hydrogen) atoms. The molecule has 2 aromatic carbocycles. The predicted octanol–water partition coefficient (Wildman–Crippen LogP) is 5.82. The number of thioether (sulfide) groups is 1. The van der Waals surface area contributed by atoms with Gasteiger partial charge in [-0.05, 0) is 24.3 Å². The fraction of sp³-hybridized carbons (Fsp3) is 0.150. The lowest BCUT2D eigenvalue weighted by atomic mass is 10.2. The van der Waals surface area contributed by atoms with E-state index in [4.69, 9.17) is 25.5 Å². The molecule has 0 N–H and O–H groups in total. The normalized spacial score (nSPS) is 10.9. The molecular weight excluding hydrogens is 430 g/mol. The van der Waals surface area contributed by atoms with Gasteiger partial charge in [-0.3, -0.25) is 0 Å². The van der Waals surface area contributed by atoms with E-state index < -0.39 is 0 Å². The first kappa shape index (κ1) is 19.8. The van der Waals surface area contributed by atoms with Crippen LogP contribution in [0.5, 0.6) is 11.5 Å². The third kappa shape index (κ3) is 4.72. The summed E-state index contributed by atoms with van der Waals surface area (Å²) in [4.78, 5) is 4.67. The van der Waals surface area contributed by atoms with Crippen LogP contribution in [0.15, 0.2) is 57.5 Å². The second-order valence-electron chi connectivity index (χ2n) is 5.91. The van der Waals surface area contributed by atoms with E-state index in [-0.39, 0.29) is 0 Å². The first-order valence-corrected chi connectivity index (χ1v) is 10.8. The number of aromatic nitrogens is 3. The smallest absolute Gasteiger partial charge is 0.277 e. The molecule has 0 saturated heterocycles. The van der Waals surface area contributed by atoms with Crippen molar-refractivity contribution in [3.05, 3.63) is 58.6 Å². The number of ether oxygens (including phenoxy) is 2. The quantitative estimate of drug-likeness (QED) is 0.332. The zero-order valence-corrected chi connectivity index (χ0v) is 18.0. The van der Waals surface area contributed by atoms with Gasteiger partial charge in [-0.1, -0.05) is 35.5 Å². The summed E-state index contributed by atoms with van der Waals surface area (Å²) in [6.45, 7) is 0. The molecule has 6 nitrogen and oxygen atoms in total. The number of hydrogen-bond acceptors (Lipinski definition) is 8. The van der Waals surface area contributed by atoms with E-state index in [0.29, 0.717) is 33.4 Å². The van der Waals surface area contributed by atoms with Gasteiger partial charge < -0.3 is 13.9 Å². The van der Waals surface area contributed by atoms with Crippen LogP contribution in [0, 0.1) is 0 Å². The summed E-state index contributed by atoms with van der Waals surface area (Å²) >= 11 is 8.98. The van der Waals surface area contributed by atoms with Gasteiger partial charge in [-0.15, -0.1) is 21.5 Å². The summed E-state index contributed by atoms with van der Waals surface area (Å²) in [6.07, 6.45) is 0. The van der Waals surface area contributed by atoms with E-state index in [1.54, 1.807) is 31.6 Å². The van der Waals surface area contributed by atoms with Gasteiger partial charge in [0, 0.05) is 33.3 Å². The van der Waals surface area contributed by atoms with Crippen molar-refractivity contribution in [3.8, 4) is 33.5 Å². The maximum Gasteiger partial charge on any atom is 0.277 e. The largest absolute Gasteiger partial charge is 0.497 e. The van der Waals surface area contributed by atoms with Crippen molar-refractivity contribution >= 4 is 34.7 Å². The van der Waals surface area contributed by atoms with Crippen LogP contribution in [-0.2, 0) is 5.75 Å². The highest BCUT2D eigenvalue weighted by atomic mass is 35.5. The Balaban J connectivity index is 1.44. The van der Waals surface area contributed by atoms with E-state index in [9.17, 15) is 0 Å². The number of rotatable bonds is 7. The Morgan fingerprint density at radius 2 is 1.72 bits per heavy atom. The standard InChI is InChI=1S/C20H16ClN3O3S2/c1-25-16-7-13(8-17(9-16)26-2)18-23-24-20(27-18)29-11-15-10-28-19(22-15)12-3-5-14(21)6-4-12/h3-10H,11H2,1-2H3. The van der Waals surface area contributed by atoms with Gasteiger partial charge >= 0.3 is 0 Å². The molecular formula is C20H16ClN3O3S2. The lowest BCUT2D eigenvalue weighted by Crippen LogP contribution is -1.88. The monoisotopic (exact) mass is 445 g/mol. The second-order valence-corrected chi connectivity index (χ2v) is 8.14. The van der Waals surface area contributed by atoms with Crippen LogP contribution in [0.3, 0.4) is 0 Å². The molecule has 148 valence electrons. The van der Waals surface area contributed by atoms with Gasteiger partial charge in [0.1, 0.15) is 16.5 Å². The maximum absolute atomic E-state index is 5.94. The van der Waals surface area contributed by atoms with Crippen LogP contribution in [0.1, 0.15) is 5.69 Å². The van der Waals surface area contributed by atoms with Crippen molar-refractivity contribution in [2.45, 2.75) is 11.0 Å². The Bertz CT molecular complexity index is 1090. The van der Waals surface area contributed by atoms with Crippen LogP contribution in [-0.4, -0.2) is 29.4 Å². The zero-order valence-electron chi connectivity index (χ0n) is 15.6. The zero-order chi connectivity index (χ0) is 20.2. The lowest BCUT2D eigenvalue weighted by Gasteiger charge is -2.05. The van der Waals surface area contributed by atoms with Gasteiger partial charge in [0.05, 0.1) is 19.9 Å². The van der Waals surface area contributed by atoms with Gasteiger partial charge in [0.2, 0.25) is 5.89 Å². The van der Waals surface area contributed by atoms with Crippen molar-refractivity contribution in [1.29, 1.82) is 0 Å². The Hall–Kier alpha value is -2.55.